The third-order valence-electron chi connectivity index (χ3n) is 0.892. The van der Waals surface area contributed by atoms with Gasteiger partial charge >= 0.3 is 0 Å². The molecule has 3 radical (unpaired) electrons. The Hall–Kier alpha value is 0.0588. The molecule has 0 bridgehead atoms. The van der Waals surface area contributed by atoms with E-state index in [0.29, 0.717) is 5.56 Å². The first-order valence-electron chi connectivity index (χ1n) is 2.94. The maximum Gasteiger partial charge on any atom is 0.0627 e. The molecule has 0 aliphatic carbocycles. The largest absolute Gasteiger partial charge is 0.376 e. The average molecular weight is 220 g/mol. The SMILES string of the molecule is O=[C-]c1ccccc1.[B]C.[Y]. The zero-order valence-electron chi connectivity index (χ0n) is 6.45. The average Bonchev–Trinajstić information content (AvgIpc) is 2.10. The smallest absolute Gasteiger partial charge is 0.0627 e. The van der Waals surface area contributed by atoms with Crippen LogP contribution in [0.1, 0.15) is 5.56 Å². The van der Waals surface area contributed by atoms with Crippen LogP contribution in [-0.4, -0.2) is 14.1 Å². The number of benzene rings is 1. The zero-order chi connectivity index (χ0) is 7.82. The van der Waals surface area contributed by atoms with Gasteiger partial charge < -0.3 is 4.79 Å². The van der Waals surface area contributed by atoms with Crippen molar-refractivity contribution >= 4 is 14.1 Å². The predicted molar refractivity (Wildman–Crippen MR) is 42.9 cm³/mol. The monoisotopic (exact) mass is 220 g/mol. The van der Waals surface area contributed by atoms with Crippen molar-refractivity contribution in [2.45, 2.75) is 6.82 Å². The molecule has 1 nitrogen and oxygen atoms in total. The third-order valence-corrected chi connectivity index (χ3v) is 0.892. The first-order chi connectivity index (χ1) is 4.93. The summed E-state index contributed by atoms with van der Waals surface area (Å²) in [4.78, 5) is 9.88. The Labute approximate surface area is 93.9 Å². The summed E-state index contributed by atoms with van der Waals surface area (Å²) in [5.41, 5.74) is 0.604. The van der Waals surface area contributed by atoms with Crippen molar-refractivity contribution in [2.75, 3.05) is 0 Å². The maximum atomic E-state index is 9.88. The normalized spacial score (nSPS) is 6.64. The van der Waals surface area contributed by atoms with Gasteiger partial charge in [0.25, 0.3) is 0 Å². The first kappa shape index (κ1) is 13.6. The second-order valence-electron chi connectivity index (χ2n) is 1.47. The number of carbonyl (C=O) groups excluding carboxylic acids is 1. The van der Waals surface area contributed by atoms with Gasteiger partial charge in [-0.3, -0.25) is 0 Å². The van der Waals surface area contributed by atoms with Crippen LogP contribution in [0.2, 0.25) is 6.82 Å². The summed E-state index contributed by atoms with van der Waals surface area (Å²) in [5.74, 6) is 0. The van der Waals surface area contributed by atoms with E-state index in [2.05, 4.69) is 7.85 Å². The fourth-order valence-electron chi connectivity index (χ4n) is 0.506. The minimum absolute atomic E-state index is 0. The third kappa shape index (κ3) is 6.46. The van der Waals surface area contributed by atoms with E-state index in [1.165, 1.54) is 6.82 Å². The van der Waals surface area contributed by atoms with Crippen LogP contribution >= 0.6 is 0 Å². The Kier molecular flexibility index (Phi) is 12.5. The van der Waals surface area contributed by atoms with Crippen LogP contribution in [-0.2, 0) is 37.5 Å². The molecule has 3 heteroatoms. The fraction of sp³-hybridized carbons (Fsp3) is 0.125. The predicted octanol–water partition coefficient (Wildman–Crippen LogP) is 1.34. The van der Waals surface area contributed by atoms with Crippen LogP contribution < -0.4 is 0 Å². The van der Waals surface area contributed by atoms with Crippen LogP contribution in [0.3, 0.4) is 0 Å². The summed E-state index contributed by atoms with van der Waals surface area (Å²) in [6.07, 6.45) is 1.78. The summed E-state index contributed by atoms with van der Waals surface area (Å²) in [6.45, 7) is 1.50. The Bertz CT molecular complexity index is 177. The van der Waals surface area contributed by atoms with Crippen LogP contribution in [0.25, 0.3) is 0 Å². The van der Waals surface area contributed by atoms with Crippen molar-refractivity contribution in [3.8, 4) is 0 Å². The molecule has 0 fully saturated rings. The maximum absolute atomic E-state index is 9.88. The van der Waals surface area contributed by atoms with Gasteiger partial charge in [-0.1, -0.05) is 12.9 Å². The van der Waals surface area contributed by atoms with Crippen molar-refractivity contribution in [1.29, 1.82) is 0 Å². The van der Waals surface area contributed by atoms with Gasteiger partial charge in [0.1, 0.15) is 0 Å². The number of rotatable bonds is 1. The van der Waals surface area contributed by atoms with E-state index in [9.17, 15) is 4.79 Å². The van der Waals surface area contributed by atoms with Crippen LogP contribution in [0.5, 0.6) is 0 Å². The van der Waals surface area contributed by atoms with E-state index in [1.54, 1.807) is 30.6 Å². The van der Waals surface area contributed by atoms with Gasteiger partial charge in [-0.05, 0) is 0 Å². The Balaban J connectivity index is 0. The van der Waals surface area contributed by atoms with Crippen LogP contribution in [0.15, 0.2) is 30.3 Å². The van der Waals surface area contributed by atoms with E-state index >= 15 is 0 Å². The quantitative estimate of drug-likeness (QED) is 0.515. The molecule has 0 amide bonds. The Morgan fingerprint density at radius 3 is 1.91 bits per heavy atom. The summed E-state index contributed by atoms with van der Waals surface area (Å²) in [5, 5.41) is 0. The zero-order valence-corrected chi connectivity index (χ0v) is 9.29. The minimum Gasteiger partial charge on any atom is -0.376 e. The molecular formula is C8H8BOY-. The van der Waals surface area contributed by atoms with Gasteiger partial charge in [0.05, 0.1) is 14.1 Å². The standard InChI is InChI=1S/C7H5O.CH3B.Y/c8-6-7-4-2-1-3-5-7;1-2;/h1-5H;1H3;/q-1;;. The molecule has 0 atom stereocenters. The molecule has 0 aliphatic rings. The molecular weight excluding hydrogens is 212 g/mol. The van der Waals surface area contributed by atoms with E-state index in [4.69, 9.17) is 0 Å². The van der Waals surface area contributed by atoms with Gasteiger partial charge in [0, 0.05) is 32.7 Å². The van der Waals surface area contributed by atoms with E-state index in [-0.39, 0.29) is 32.7 Å². The molecule has 53 valence electrons. The summed E-state index contributed by atoms with van der Waals surface area (Å²) < 4.78 is 0. The van der Waals surface area contributed by atoms with Crippen LogP contribution in [0, 0.1) is 0 Å². The molecule has 1 aromatic carbocycles. The first-order valence-corrected chi connectivity index (χ1v) is 2.94. The van der Waals surface area contributed by atoms with Gasteiger partial charge in [-0.25, -0.2) is 0 Å². The van der Waals surface area contributed by atoms with Gasteiger partial charge in [-0.2, -0.15) is 17.7 Å². The second-order valence-corrected chi connectivity index (χ2v) is 1.47. The molecule has 0 heterocycles. The summed E-state index contributed by atoms with van der Waals surface area (Å²) >= 11 is 0. The molecule has 1 aromatic rings. The fourth-order valence-corrected chi connectivity index (χ4v) is 0.506. The van der Waals surface area contributed by atoms with Gasteiger partial charge in [0.2, 0.25) is 0 Å². The van der Waals surface area contributed by atoms with E-state index < -0.39 is 0 Å². The molecule has 0 aromatic heterocycles. The topological polar surface area (TPSA) is 17.1 Å². The summed E-state index contributed by atoms with van der Waals surface area (Å²) in [6, 6.07) is 8.90. The van der Waals surface area contributed by atoms with Crippen LogP contribution in [0.4, 0.5) is 0 Å². The number of hydrogen-bond donors (Lipinski definition) is 0. The Morgan fingerprint density at radius 2 is 1.64 bits per heavy atom. The van der Waals surface area contributed by atoms with Crippen molar-refractivity contribution in [3.05, 3.63) is 35.9 Å². The van der Waals surface area contributed by atoms with Crippen molar-refractivity contribution in [2.24, 2.45) is 0 Å². The molecule has 0 unspecified atom stereocenters. The second kappa shape index (κ2) is 10.1. The van der Waals surface area contributed by atoms with E-state index in [0.717, 1.165) is 0 Å². The van der Waals surface area contributed by atoms with Gasteiger partial charge in [0.15, 0.2) is 0 Å². The molecule has 11 heavy (non-hydrogen) atoms. The molecule has 0 saturated heterocycles. The molecule has 0 spiro atoms. The van der Waals surface area contributed by atoms with E-state index in [1.807, 2.05) is 6.07 Å². The molecule has 0 aliphatic heterocycles. The number of hydrogen-bond acceptors (Lipinski definition) is 1. The molecule has 0 saturated carbocycles. The Morgan fingerprint density at radius 1 is 1.18 bits per heavy atom. The summed E-state index contributed by atoms with van der Waals surface area (Å²) in [7, 11) is 4.50. The minimum atomic E-state index is 0. The van der Waals surface area contributed by atoms with Crippen molar-refractivity contribution in [1.82, 2.24) is 0 Å². The van der Waals surface area contributed by atoms with Crippen molar-refractivity contribution in [3.63, 3.8) is 0 Å². The molecule has 1 rings (SSSR count). The molecule has 0 N–H and O–H groups in total. The van der Waals surface area contributed by atoms with Crippen molar-refractivity contribution < 1.29 is 37.5 Å². The van der Waals surface area contributed by atoms with Gasteiger partial charge in [-0.15, -0.1) is 12.1 Å².